The average molecular weight is 374 g/mol. The molecular formula is C17H24ClNO6. The van der Waals surface area contributed by atoms with Crippen molar-refractivity contribution < 1.29 is 28.9 Å². The van der Waals surface area contributed by atoms with Crippen molar-refractivity contribution in [2.45, 2.75) is 13.3 Å². The Kier molecular flexibility index (Phi) is 10.6. The van der Waals surface area contributed by atoms with Gasteiger partial charge in [-0.1, -0.05) is 23.7 Å². The van der Waals surface area contributed by atoms with Crippen molar-refractivity contribution in [2.24, 2.45) is 0 Å². The first kappa shape index (κ1) is 21.2. The molecule has 8 heteroatoms. The first-order valence-corrected chi connectivity index (χ1v) is 8.45. The Morgan fingerprint density at radius 1 is 1.20 bits per heavy atom. The zero-order valence-corrected chi connectivity index (χ0v) is 15.0. The normalized spacial score (nSPS) is 10.4. The minimum atomic E-state index is -0.372. The maximum Gasteiger partial charge on any atom is 0.307 e. The fourth-order valence-electron chi connectivity index (χ4n) is 1.95. The van der Waals surface area contributed by atoms with Crippen LogP contribution >= 0.6 is 11.6 Å². The fraction of sp³-hybridized carbons (Fsp3) is 0.529. The number of nitrogens with zero attached hydrogens (tertiary/aromatic N) is 1. The lowest BCUT2D eigenvalue weighted by Crippen LogP contribution is -2.39. The lowest BCUT2D eigenvalue weighted by Gasteiger charge is -2.22. The molecule has 0 fully saturated rings. The maximum atomic E-state index is 12.4. The highest BCUT2D eigenvalue weighted by Crippen LogP contribution is 2.22. The van der Waals surface area contributed by atoms with E-state index in [2.05, 4.69) is 0 Å². The molecule has 1 aromatic carbocycles. The Morgan fingerprint density at radius 2 is 1.96 bits per heavy atom. The van der Waals surface area contributed by atoms with Crippen molar-refractivity contribution in [3.63, 3.8) is 0 Å². The summed E-state index contributed by atoms with van der Waals surface area (Å²) in [6, 6.07) is 6.86. The number of aliphatic hydroxyl groups excluding tert-OH is 1. The van der Waals surface area contributed by atoms with Crippen LogP contribution in [-0.4, -0.2) is 68.0 Å². The van der Waals surface area contributed by atoms with Crippen LogP contribution in [0.25, 0.3) is 0 Å². The van der Waals surface area contributed by atoms with Crippen molar-refractivity contribution in [1.82, 2.24) is 4.90 Å². The molecule has 25 heavy (non-hydrogen) atoms. The van der Waals surface area contributed by atoms with Crippen molar-refractivity contribution in [3.05, 3.63) is 29.3 Å². The first-order valence-electron chi connectivity index (χ1n) is 8.07. The van der Waals surface area contributed by atoms with E-state index in [9.17, 15) is 9.59 Å². The molecule has 1 aromatic rings. The molecule has 0 aliphatic carbocycles. The molecule has 0 aliphatic rings. The highest BCUT2D eigenvalue weighted by atomic mass is 35.5. The molecule has 1 rings (SSSR count). The second-order valence-electron chi connectivity index (χ2n) is 4.99. The summed E-state index contributed by atoms with van der Waals surface area (Å²) in [4.78, 5) is 25.3. The largest absolute Gasteiger partial charge is 0.482 e. The number of aliphatic hydroxyl groups is 1. The van der Waals surface area contributed by atoms with Gasteiger partial charge in [-0.05, 0) is 19.1 Å². The topological polar surface area (TPSA) is 85.3 Å². The number of para-hydroxylation sites is 1. The number of rotatable bonds is 12. The van der Waals surface area contributed by atoms with E-state index in [1.165, 1.54) is 4.90 Å². The van der Waals surface area contributed by atoms with Crippen LogP contribution < -0.4 is 4.74 Å². The van der Waals surface area contributed by atoms with E-state index in [4.69, 9.17) is 30.9 Å². The van der Waals surface area contributed by atoms with Crippen LogP contribution in [0, 0.1) is 0 Å². The standard InChI is InChI=1S/C17H24ClNO6/c1-2-24-17(22)7-8-19(9-11-23-12-10-20)16(21)13-25-15-6-4-3-5-14(15)18/h3-6,20H,2,7-13H2,1H3. The quantitative estimate of drug-likeness (QED) is 0.441. The molecule has 0 saturated heterocycles. The molecule has 0 bridgehead atoms. The van der Waals surface area contributed by atoms with E-state index in [1.807, 2.05) is 0 Å². The minimum absolute atomic E-state index is 0.0890. The second kappa shape index (κ2) is 12.5. The maximum absolute atomic E-state index is 12.4. The number of ether oxygens (including phenoxy) is 3. The van der Waals surface area contributed by atoms with E-state index in [-0.39, 0.29) is 57.8 Å². The van der Waals surface area contributed by atoms with Crippen molar-refractivity contribution in [3.8, 4) is 5.75 Å². The van der Waals surface area contributed by atoms with Crippen molar-refractivity contribution >= 4 is 23.5 Å². The number of carbonyl (C=O) groups excluding carboxylic acids is 2. The van der Waals surface area contributed by atoms with Crippen LogP contribution in [0.3, 0.4) is 0 Å². The average Bonchev–Trinajstić information content (AvgIpc) is 2.60. The molecule has 0 unspecified atom stereocenters. The van der Waals surface area contributed by atoms with Gasteiger partial charge in [0.15, 0.2) is 6.61 Å². The number of hydrogen-bond donors (Lipinski definition) is 1. The van der Waals surface area contributed by atoms with Gasteiger partial charge >= 0.3 is 5.97 Å². The van der Waals surface area contributed by atoms with Gasteiger partial charge in [0, 0.05) is 13.1 Å². The Morgan fingerprint density at radius 3 is 2.64 bits per heavy atom. The highest BCUT2D eigenvalue weighted by molar-refractivity contribution is 6.32. The minimum Gasteiger partial charge on any atom is -0.482 e. The van der Waals surface area contributed by atoms with E-state index < -0.39 is 0 Å². The Hall–Kier alpha value is -1.83. The van der Waals surface area contributed by atoms with E-state index in [1.54, 1.807) is 31.2 Å². The third-order valence-corrected chi connectivity index (χ3v) is 3.49. The summed E-state index contributed by atoms with van der Waals surface area (Å²) in [5.74, 6) is -0.250. The number of esters is 1. The second-order valence-corrected chi connectivity index (χ2v) is 5.40. The monoisotopic (exact) mass is 373 g/mol. The summed E-state index contributed by atoms with van der Waals surface area (Å²) in [6.07, 6.45) is 0.0890. The number of amides is 1. The van der Waals surface area contributed by atoms with E-state index in [0.29, 0.717) is 17.4 Å². The lowest BCUT2D eigenvalue weighted by atomic mass is 10.3. The number of carbonyl (C=O) groups is 2. The zero-order valence-electron chi connectivity index (χ0n) is 14.3. The highest BCUT2D eigenvalue weighted by Gasteiger charge is 2.16. The molecular weight excluding hydrogens is 350 g/mol. The van der Waals surface area contributed by atoms with E-state index in [0.717, 1.165) is 0 Å². The molecule has 0 atom stereocenters. The fourth-order valence-corrected chi connectivity index (χ4v) is 2.14. The number of halogens is 1. The van der Waals surface area contributed by atoms with Crippen molar-refractivity contribution in [2.75, 3.05) is 46.1 Å². The summed E-state index contributed by atoms with van der Waals surface area (Å²) < 4.78 is 15.5. The Bertz CT molecular complexity index is 540. The van der Waals surface area contributed by atoms with Crippen LogP contribution in [0.15, 0.2) is 24.3 Å². The molecule has 0 spiro atoms. The van der Waals surface area contributed by atoms with Gasteiger partial charge in [-0.3, -0.25) is 9.59 Å². The van der Waals surface area contributed by atoms with Gasteiger partial charge in [-0.2, -0.15) is 0 Å². The zero-order chi connectivity index (χ0) is 18.5. The van der Waals surface area contributed by atoms with Crippen LogP contribution in [0.1, 0.15) is 13.3 Å². The summed E-state index contributed by atoms with van der Waals surface area (Å²) in [6.45, 7) is 2.65. The van der Waals surface area contributed by atoms with Crippen LogP contribution in [-0.2, 0) is 19.1 Å². The molecule has 1 amide bonds. The molecule has 0 aliphatic heterocycles. The van der Waals surface area contributed by atoms with Gasteiger partial charge in [0.2, 0.25) is 0 Å². The Balaban J connectivity index is 2.54. The third kappa shape index (κ3) is 8.72. The lowest BCUT2D eigenvalue weighted by molar-refractivity contribution is -0.144. The molecule has 0 saturated carbocycles. The van der Waals surface area contributed by atoms with Crippen LogP contribution in [0.4, 0.5) is 0 Å². The predicted molar refractivity (Wildman–Crippen MR) is 92.7 cm³/mol. The van der Waals surface area contributed by atoms with Crippen molar-refractivity contribution in [1.29, 1.82) is 0 Å². The molecule has 1 N–H and O–H groups in total. The van der Waals surface area contributed by atoms with Gasteiger partial charge in [0.25, 0.3) is 5.91 Å². The summed E-state index contributed by atoms with van der Waals surface area (Å²) in [5.41, 5.74) is 0. The van der Waals surface area contributed by atoms with Gasteiger partial charge in [-0.15, -0.1) is 0 Å². The van der Waals surface area contributed by atoms with Crippen LogP contribution in [0.5, 0.6) is 5.75 Å². The summed E-state index contributed by atoms with van der Waals surface area (Å²) in [7, 11) is 0. The summed E-state index contributed by atoms with van der Waals surface area (Å²) >= 11 is 5.99. The SMILES string of the molecule is CCOC(=O)CCN(CCOCCO)C(=O)COc1ccccc1Cl. The van der Waals surface area contributed by atoms with Gasteiger partial charge in [0.05, 0.1) is 37.9 Å². The molecule has 0 heterocycles. The predicted octanol–water partition coefficient (Wildman–Crippen LogP) is 1.51. The van der Waals surface area contributed by atoms with Gasteiger partial charge in [0.1, 0.15) is 5.75 Å². The smallest absolute Gasteiger partial charge is 0.307 e. The van der Waals surface area contributed by atoms with Gasteiger partial charge < -0.3 is 24.2 Å². The molecule has 140 valence electrons. The summed E-state index contributed by atoms with van der Waals surface area (Å²) in [5, 5.41) is 9.13. The number of hydrogen-bond acceptors (Lipinski definition) is 6. The molecule has 0 aromatic heterocycles. The molecule has 7 nitrogen and oxygen atoms in total. The third-order valence-electron chi connectivity index (χ3n) is 3.17. The first-order chi connectivity index (χ1) is 12.1. The van der Waals surface area contributed by atoms with E-state index >= 15 is 0 Å². The van der Waals surface area contributed by atoms with Crippen LogP contribution in [0.2, 0.25) is 5.02 Å². The number of benzene rings is 1. The Labute approximate surface area is 152 Å². The molecule has 0 radical (unpaired) electrons. The van der Waals surface area contributed by atoms with Gasteiger partial charge in [-0.25, -0.2) is 0 Å².